The lowest BCUT2D eigenvalue weighted by Gasteiger charge is -2.32. The average Bonchev–Trinajstić information content (AvgIpc) is 2.97. The number of nitrogens with one attached hydrogen (secondary N) is 1. The molecule has 0 aromatic heterocycles. The Labute approximate surface area is 170 Å². The van der Waals surface area contributed by atoms with Crippen molar-refractivity contribution in [3.8, 4) is 11.5 Å². The summed E-state index contributed by atoms with van der Waals surface area (Å²) in [6.45, 7) is 3.21. The molecular weight excluding hydrogens is 368 g/mol. The van der Waals surface area contributed by atoms with Crippen molar-refractivity contribution in [1.82, 2.24) is 10.2 Å². The Morgan fingerprint density at radius 3 is 2.31 bits per heavy atom. The van der Waals surface area contributed by atoms with Gasteiger partial charge in [-0.15, -0.1) is 0 Å². The molecule has 6 nitrogen and oxygen atoms in total. The van der Waals surface area contributed by atoms with E-state index in [9.17, 15) is 9.59 Å². The number of rotatable bonds is 7. The summed E-state index contributed by atoms with van der Waals surface area (Å²) in [4.78, 5) is 26.8. The fraction of sp³-hybridized carbons (Fsp3) is 0.391. The molecular formula is C23H26N2O4. The minimum Gasteiger partial charge on any atom is -0.494 e. The second kappa shape index (κ2) is 8.15. The molecule has 2 aromatic rings. The van der Waals surface area contributed by atoms with Crippen LogP contribution in [0.3, 0.4) is 0 Å². The number of benzene rings is 2. The van der Waals surface area contributed by atoms with Crippen molar-refractivity contribution in [1.29, 1.82) is 0 Å². The molecule has 0 bridgehead atoms. The number of amides is 3. The highest BCUT2D eigenvalue weighted by Crippen LogP contribution is 2.33. The Morgan fingerprint density at radius 1 is 0.966 bits per heavy atom. The molecule has 1 unspecified atom stereocenters. The highest BCUT2D eigenvalue weighted by atomic mass is 16.5. The highest BCUT2D eigenvalue weighted by Gasteiger charge is 2.52. The van der Waals surface area contributed by atoms with Crippen LogP contribution in [0.25, 0.3) is 0 Å². The van der Waals surface area contributed by atoms with Crippen molar-refractivity contribution >= 4 is 11.9 Å². The van der Waals surface area contributed by atoms with Gasteiger partial charge in [-0.1, -0.05) is 31.2 Å². The van der Waals surface area contributed by atoms with E-state index in [0.29, 0.717) is 25.2 Å². The van der Waals surface area contributed by atoms with Crippen LogP contribution in [0.4, 0.5) is 4.79 Å². The number of ether oxygens (including phenoxy) is 2. The molecule has 3 amide bonds. The predicted octanol–water partition coefficient (Wildman–Crippen LogP) is 3.33. The van der Waals surface area contributed by atoms with E-state index in [1.807, 2.05) is 42.5 Å². The van der Waals surface area contributed by atoms with Gasteiger partial charge in [0.1, 0.15) is 23.6 Å². The standard InChI is InChI=1S/C23H26N2O4/c1-2-14-28-19-7-9-20(10-8-19)29-15-13-25-21(26)23(24-22(25)27)12-11-17-5-3-4-6-18(17)16-23/h3-10H,2,11-16H2,1H3,(H,24,27). The van der Waals surface area contributed by atoms with Crippen LogP contribution in [0.1, 0.15) is 30.9 Å². The fourth-order valence-electron chi connectivity index (χ4n) is 4.01. The molecule has 1 heterocycles. The van der Waals surface area contributed by atoms with E-state index in [0.717, 1.165) is 24.2 Å². The number of hydrogen-bond donors (Lipinski definition) is 1. The van der Waals surface area contributed by atoms with Gasteiger partial charge in [0, 0.05) is 6.42 Å². The topological polar surface area (TPSA) is 67.9 Å². The first-order valence-electron chi connectivity index (χ1n) is 10.2. The second-order valence-corrected chi connectivity index (χ2v) is 7.58. The quantitative estimate of drug-likeness (QED) is 0.732. The SMILES string of the molecule is CCCOc1ccc(OCCN2C(=O)NC3(CCc4ccccc4C3)C2=O)cc1. The van der Waals surface area contributed by atoms with Gasteiger partial charge in [-0.3, -0.25) is 9.69 Å². The van der Waals surface area contributed by atoms with Crippen molar-refractivity contribution in [3.63, 3.8) is 0 Å². The summed E-state index contributed by atoms with van der Waals surface area (Å²) < 4.78 is 11.3. The number of hydrogen-bond acceptors (Lipinski definition) is 4. The van der Waals surface area contributed by atoms with Crippen molar-refractivity contribution in [2.24, 2.45) is 0 Å². The lowest BCUT2D eigenvalue weighted by molar-refractivity contribution is -0.132. The number of fused-ring (bicyclic) bond motifs is 1. The van der Waals surface area contributed by atoms with Gasteiger partial charge < -0.3 is 14.8 Å². The Balaban J connectivity index is 1.34. The van der Waals surface area contributed by atoms with Crippen LogP contribution in [-0.4, -0.2) is 42.1 Å². The first-order chi connectivity index (χ1) is 14.1. The third-order valence-electron chi connectivity index (χ3n) is 5.56. The number of aryl methyl sites for hydroxylation is 1. The van der Waals surface area contributed by atoms with Crippen molar-refractivity contribution < 1.29 is 19.1 Å². The predicted molar refractivity (Wildman–Crippen MR) is 109 cm³/mol. The zero-order chi connectivity index (χ0) is 20.3. The molecule has 6 heteroatoms. The molecule has 4 rings (SSSR count). The van der Waals surface area contributed by atoms with Crippen LogP contribution in [0.2, 0.25) is 0 Å². The van der Waals surface area contributed by atoms with Gasteiger partial charge >= 0.3 is 6.03 Å². The fourth-order valence-corrected chi connectivity index (χ4v) is 4.01. The molecule has 1 spiro atoms. The minimum absolute atomic E-state index is 0.149. The van der Waals surface area contributed by atoms with Gasteiger partial charge in [0.15, 0.2) is 0 Å². The molecule has 1 fully saturated rings. The van der Waals surface area contributed by atoms with E-state index < -0.39 is 5.54 Å². The monoisotopic (exact) mass is 394 g/mol. The smallest absolute Gasteiger partial charge is 0.325 e. The molecule has 152 valence electrons. The van der Waals surface area contributed by atoms with Gasteiger partial charge in [0.25, 0.3) is 5.91 Å². The number of imide groups is 1. The maximum atomic E-state index is 13.1. The molecule has 1 atom stereocenters. The zero-order valence-corrected chi connectivity index (χ0v) is 16.6. The van der Waals surface area contributed by atoms with Crippen molar-refractivity contribution in [3.05, 3.63) is 59.7 Å². The second-order valence-electron chi connectivity index (χ2n) is 7.58. The van der Waals surface area contributed by atoms with E-state index in [-0.39, 0.29) is 25.1 Å². The summed E-state index contributed by atoms with van der Waals surface area (Å²) in [5.74, 6) is 1.33. The van der Waals surface area contributed by atoms with Gasteiger partial charge in [0.2, 0.25) is 0 Å². The Hall–Kier alpha value is -3.02. The van der Waals surface area contributed by atoms with Crippen LogP contribution < -0.4 is 14.8 Å². The highest BCUT2D eigenvalue weighted by molar-refractivity contribution is 6.07. The molecule has 29 heavy (non-hydrogen) atoms. The van der Waals surface area contributed by atoms with Gasteiger partial charge in [-0.25, -0.2) is 4.79 Å². The summed E-state index contributed by atoms with van der Waals surface area (Å²) >= 11 is 0. The molecule has 1 saturated heterocycles. The third kappa shape index (κ3) is 3.92. The minimum atomic E-state index is -0.816. The zero-order valence-electron chi connectivity index (χ0n) is 16.6. The average molecular weight is 394 g/mol. The first-order valence-corrected chi connectivity index (χ1v) is 10.2. The third-order valence-corrected chi connectivity index (χ3v) is 5.56. The molecule has 0 radical (unpaired) electrons. The summed E-state index contributed by atoms with van der Waals surface area (Å²) in [5.41, 5.74) is 1.58. The summed E-state index contributed by atoms with van der Waals surface area (Å²) in [5, 5.41) is 2.95. The number of nitrogens with zero attached hydrogens (tertiary/aromatic N) is 1. The van der Waals surface area contributed by atoms with Gasteiger partial charge in [-0.05, 0) is 54.7 Å². The van der Waals surface area contributed by atoms with E-state index in [1.165, 1.54) is 10.5 Å². The molecule has 2 aliphatic rings. The molecule has 1 aliphatic carbocycles. The number of urea groups is 1. The van der Waals surface area contributed by atoms with Crippen LogP contribution >= 0.6 is 0 Å². The van der Waals surface area contributed by atoms with E-state index >= 15 is 0 Å². The largest absolute Gasteiger partial charge is 0.494 e. The van der Waals surface area contributed by atoms with Crippen LogP contribution in [0, 0.1) is 0 Å². The van der Waals surface area contributed by atoms with Crippen molar-refractivity contribution in [2.45, 2.75) is 38.1 Å². The maximum Gasteiger partial charge on any atom is 0.325 e. The van der Waals surface area contributed by atoms with Crippen LogP contribution in [-0.2, 0) is 17.6 Å². The first kappa shape index (κ1) is 19.3. The summed E-state index contributed by atoms with van der Waals surface area (Å²) in [6, 6.07) is 15.2. The van der Waals surface area contributed by atoms with Gasteiger partial charge in [0.05, 0.1) is 13.2 Å². The maximum absolute atomic E-state index is 13.1. The lowest BCUT2D eigenvalue weighted by Crippen LogP contribution is -2.51. The van der Waals surface area contributed by atoms with E-state index in [1.54, 1.807) is 0 Å². The van der Waals surface area contributed by atoms with Crippen LogP contribution in [0.15, 0.2) is 48.5 Å². The molecule has 1 N–H and O–H groups in total. The molecule has 1 aliphatic heterocycles. The lowest BCUT2D eigenvalue weighted by atomic mass is 9.78. The molecule has 0 saturated carbocycles. The Morgan fingerprint density at radius 2 is 1.62 bits per heavy atom. The van der Waals surface area contributed by atoms with E-state index in [2.05, 4.69) is 18.3 Å². The molecule has 2 aromatic carbocycles. The van der Waals surface area contributed by atoms with Crippen LogP contribution in [0.5, 0.6) is 11.5 Å². The normalized spacial score (nSPS) is 20.5. The summed E-state index contributed by atoms with van der Waals surface area (Å²) in [6.07, 6.45) is 2.92. The van der Waals surface area contributed by atoms with Crippen molar-refractivity contribution in [2.75, 3.05) is 19.8 Å². The summed E-state index contributed by atoms with van der Waals surface area (Å²) in [7, 11) is 0. The van der Waals surface area contributed by atoms with Gasteiger partial charge in [-0.2, -0.15) is 0 Å². The number of carbonyl (C=O) groups is 2. The number of carbonyl (C=O) groups excluding carboxylic acids is 2. The Bertz CT molecular complexity index is 896. The Kier molecular flexibility index (Phi) is 5.43. The van der Waals surface area contributed by atoms with E-state index in [4.69, 9.17) is 9.47 Å².